The lowest BCUT2D eigenvalue weighted by molar-refractivity contribution is 0.0224. The van der Waals surface area contributed by atoms with Crippen molar-refractivity contribution in [3.8, 4) is 0 Å². The number of nitrogens with zero attached hydrogens (tertiary/aromatic N) is 3. The first-order valence-electron chi connectivity index (χ1n) is 5.54. The van der Waals surface area contributed by atoms with Gasteiger partial charge in [0.15, 0.2) is 0 Å². The van der Waals surface area contributed by atoms with E-state index in [-0.39, 0.29) is 0 Å². The molecule has 0 aromatic carbocycles. The van der Waals surface area contributed by atoms with Gasteiger partial charge in [0.2, 0.25) is 0 Å². The predicted molar refractivity (Wildman–Crippen MR) is 63.6 cm³/mol. The topological polar surface area (TPSA) is 58.4 Å². The van der Waals surface area contributed by atoms with Crippen LogP contribution in [0, 0.1) is 0 Å². The van der Waals surface area contributed by atoms with Gasteiger partial charge in [-0.25, -0.2) is 4.68 Å². The number of ether oxygens (including phenoxy) is 3. The van der Waals surface area contributed by atoms with Crippen molar-refractivity contribution < 1.29 is 14.2 Å². The lowest BCUT2D eigenvalue weighted by Crippen LogP contribution is -2.12. The number of aromatic nitrogens is 3. The first kappa shape index (κ1) is 13.8. The Morgan fingerprint density at radius 3 is 2.59 bits per heavy atom. The van der Waals surface area contributed by atoms with Gasteiger partial charge in [0.1, 0.15) is 5.69 Å². The maximum Gasteiger partial charge on any atom is 0.105 e. The Bertz CT molecular complexity index is 315. The predicted octanol–water partition coefficient (Wildman–Crippen LogP) is 0.601. The number of methoxy groups -OCH3 is 1. The summed E-state index contributed by atoms with van der Waals surface area (Å²) in [5.41, 5.74) is 0.771. The first-order chi connectivity index (χ1) is 8.36. The largest absolute Gasteiger partial charge is 0.382 e. The minimum absolute atomic E-state index is 0.576. The molecular weight excluding hydrogens is 222 g/mol. The first-order valence-corrected chi connectivity index (χ1v) is 5.54. The minimum Gasteiger partial charge on any atom is -0.382 e. The maximum absolute atomic E-state index is 5.38. The van der Waals surface area contributed by atoms with E-state index < -0.39 is 0 Å². The Balaban J connectivity index is 1.95. The highest BCUT2D eigenvalue weighted by Gasteiger charge is 1.96. The molecule has 0 radical (unpaired) electrons. The van der Waals surface area contributed by atoms with E-state index in [2.05, 4.69) is 16.9 Å². The van der Waals surface area contributed by atoms with Gasteiger partial charge in [0.05, 0.1) is 45.8 Å². The molecule has 1 aromatic rings. The molecule has 96 valence electrons. The van der Waals surface area contributed by atoms with Gasteiger partial charge in [0, 0.05) is 7.11 Å². The Labute approximate surface area is 101 Å². The van der Waals surface area contributed by atoms with E-state index in [1.165, 1.54) is 0 Å². The van der Waals surface area contributed by atoms with Crippen LogP contribution in [0.3, 0.4) is 0 Å². The number of hydrogen-bond acceptors (Lipinski definition) is 5. The van der Waals surface area contributed by atoms with Gasteiger partial charge >= 0.3 is 0 Å². The van der Waals surface area contributed by atoms with Crippen molar-refractivity contribution in [3.05, 3.63) is 18.5 Å². The molecule has 0 amide bonds. The maximum atomic E-state index is 5.38. The van der Waals surface area contributed by atoms with Crippen LogP contribution >= 0.6 is 0 Å². The molecule has 0 aliphatic carbocycles. The fraction of sp³-hybridized carbons (Fsp3) is 0.636. The highest BCUT2D eigenvalue weighted by atomic mass is 16.5. The molecule has 0 fully saturated rings. The highest BCUT2D eigenvalue weighted by Crippen LogP contribution is 1.93. The molecule has 0 unspecified atom stereocenters. The molecule has 1 aromatic heterocycles. The van der Waals surface area contributed by atoms with Crippen LogP contribution in [0.15, 0.2) is 12.8 Å². The van der Waals surface area contributed by atoms with E-state index in [0.29, 0.717) is 39.6 Å². The van der Waals surface area contributed by atoms with Crippen molar-refractivity contribution in [2.75, 3.05) is 40.1 Å². The van der Waals surface area contributed by atoms with E-state index >= 15 is 0 Å². The van der Waals surface area contributed by atoms with Crippen LogP contribution in [0.25, 0.3) is 6.08 Å². The van der Waals surface area contributed by atoms with Crippen molar-refractivity contribution in [1.82, 2.24) is 15.0 Å². The van der Waals surface area contributed by atoms with Gasteiger partial charge in [-0.05, 0) is 6.08 Å². The second-order valence-electron chi connectivity index (χ2n) is 3.33. The summed E-state index contributed by atoms with van der Waals surface area (Å²) in [5, 5.41) is 7.80. The van der Waals surface area contributed by atoms with Crippen molar-refractivity contribution in [2.45, 2.75) is 6.54 Å². The molecule has 0 bridgehead atoms. The fourth-order valence-electron chi connectivity index (χ4n) is 1.14. The molecule has 0 aliphatic heterocycles. The van der Waals surface area contributed by atoms with Crippen LogP contribution in [0.4, 0.5) is 0 Å². The van der Waals surface area contributed by atoms with Crippen LogP contribution in [0.5, 0.6) is 0 Å². The quantitative estimate of drug-likeness (QED) is 0.561. The molecule has 6 nitrogen and oxygen atoms in total. The average molecular weight is 241 g/mol. The molecule has 0 saturated heterocycles. The van der Waals surface area contributed by atoms with E-state index in [1.54, 1.807) is 17.9 Å². The number of rotatable bonds is 10. The summed E-state index contributed by atoms with van der Waals surface area (Å²) >= 11 is 0. The molecule has 1 rings (SSSR count). The van der Waals surface area contributed by atoms with Crippen molar-refractivity contribution in [3.63, 3.8) is 0 Å². The molecule has 0 spiro atoms. The van der Waals surface area contributed by atoms with Crippen molar-refractivity contribution in [2.24, 2.45) is 0 Å². The summed E-state index contributed by atoms with van der Waals surface area (Å²) < 4.78 is 17.2. The summed E-state index contributed by atoms with van der Waals surface area (Å²) in [6.07, 6.45) is 3.49. The summed E-state index contributed by atoms with van der Waals surface area (Å²) in [6, 6.07) is 0. The van der Waals surface area contributed by atoms with Crippen LogP contribution in [-0.4, -0.2) is 55.1 Å². The van der Waals surface area contributed by atoms with Crippen LogP contribution in [0.2, 0.25) is 0 Å². The molecule has 0 aliphatic rings. The Kier molecular flexibility index (Phi) is 7.20. The smallest absolute Gasteiger partial charge is 0.105 e. The molecule has 6 heteroatoms. The minimum atomic E-state index is 0.576. The highest BCUT2D eigenvalue weighted by molar-refractivity contribution is 5.38. The SMILES string of the molecule is C=Cc1cn(CCOCCOCCOC)nn1. The Morgan fingerprint density at radius 2 is 1.94 bits per heavy atom. The zero-order chi connectivity index (χ0) is 12.3. The van der Waals surface area contributed by atoms with E-state index in [4.69, 9.17) is 14.2 Å². The molecule has 1 heterocycles. The van der Waals surface area contributed by atoms with Gasteiger partial charge in [-0.2, -0.15) is 0 Å². The zero-order valence-corrected chi connectivity index (χ0v) is 10.2. The second-order valence-corrected chi connectivity index (χ2v) is 3.33. The summed E-state index contributed by atoms with van der Waals surface area (Å²) in [7, 11) is 1.65. The fourth-order valence-corrected chi connectivity index (χ4v) is 1.14. The third kappa shape index (κ3) is 6.15. The van der Waals surface area contributed by atoms with Crippen molar-refractivity contribution >= 4 is 6.08 Å². The lowest BCUT2D eigenvalue weighted by atomic mass is 10.5. The van der Waals surface area contributed by atoms with Crippen LogP contribution < -0.4 is 0 Å². The summed E-state index contributed by atoms with van der Waals surface area (Å²) in [4.78, 5) is 0. The van der Waals surface area contributed by atoms with Gasteiger partial charge < -0.3 is 14.2 Å². The summed E-state index contributed by atoms with van der Waals surface area (Å²) in [6.45, 7) is 7.26. The van der Waals surface area contributed by atoms with Gasteiger partial charge in [0.25, 0.3) is 0 Å². The van der Waals surface area contributed by atoms with E-state index in [9.17, 15) is 0 Å². The third-order valence-corrected chi connectivity index (χ3v) is 2.03. The van der Waals surface area contributed by atoms with Gasteiger partial charge in [-0.1, -0.05) is 11.8 Å². The van der Waals surface area contributed by atoms with E-state index in [1.807, 2.05) is 6.20 Å². The second kappa shape index (κ2) is 8.86. The lowest BCUT2D eigenvalue weighted by Gasteiger charge is -2.05. The molecule has 0 saturated carbocycles. The molecule has 0 N–H and O–H groups in total. The van der Waals surface area contributed by atoms with E-state index in [0.717, 1.165) is 5.69 Å². The standard InChI is InChI=1S/C11H19N3O3/c1-3-11-10-14(13-12-11)4-5-16-8-9-17-7-6-15-2/h3,10H,1,4-9H2,2H3. The normalized spacial score (nSPS) is 10.6. The zero-order valence-electron chi connectivity index (χ0n) is 10.2. The third-order valence-electron chi connectivity index (χ3n) is 2.03. The summed E-state index contributed by atoms with van der Waals surface area (Å²) in [5.74, 6) is 0. The Morgan fingerprint density at radius 1 is 1.24 bits per heavy atom. The van der Waals surface area contributed by atoms with Crippen LogP contribution in [0.1, 0.15) is 5.69 Å². The monoisotopic (exact) mass is 241 g/mol. The molecular formula is C11H19N3O3. The number of hydrogen-bond donors (Lipinski definition) is 0. The average Bonchev–Trinajstić information content (AvgIpc) is 2.80. The van der Waals surface area contributed by atoms with Crippen LogP contribution in [-0.2, 0) is 20.8 Å². The van der Waals surface area contributed by atoms with Gasteiger partial charge in [-0.3, -0.25) is 0 Å². The van der Waals surface area contributed by atoms with Gasteiger partial charge in [-0.15, -0.1) is 5.10 Å². The molecule has 0 atom stereocenters. The van der Waals surface area contributed by atoms with Crippen molar-refractivity contribution in [1.29, 1.82) is 0 Å². The molecule has 17 heavy (non-hydrogen) atoms. The Hall–Kier alpha value is -1.24.